The Morgan fingerprint density at radius 1 is 1.12 bits per heavy atom. The van der Waals surface area contributed by atoms with Crippen molar-refractivity contribution in [2.45, 2.75) is 13.0 Å². The number of nitrogens with zero attached hydrogens (tertiary/aromatic N) is 1. The number of hydrogen-bond donors (Lipinski definition) is 1. The Labute approximate surface area is 158 Å². The standard InChI is InChI=1S/C18H21ClN2O4S/c1-25-17-9-7-16(8-10-17)21(26(2,23)24)12-11-18(22)20-13-14-3-5-15(19)6-4-14/h3-10H,11-13H2,1-2H3,(H,20,22). The summed E-state index contributed by atoms with van der Waals surface area (Å²) in [7, 11) is -1.97. The van der Waals surface area contributed by atoms with Gasteiger partial charge >= 0.3 is 0 Å². The van der Waals surface area contributed by atoms with E-state index in [4.69, 9.17) is 16.3 Å². The van der Waals surface area contributed by atoms with Crippen molar-refractivity contribution in [2.75, 3.05) is 24.2 Å². The molecule has 0 radical (unpaired) electrons. The Morgan fingerprint density at radius 2 is 1.73 bits per heavy atom. The van der Waals surface area contributed by atoms with Crippen molar-refractivity contribution in [3.05, 3.63) is 59.1 Å². The van der Waals surface area contributed by atoms with E-state index in [2.05, 4.69) is 5.32 Å². The molecule has 0 fully saturated rings. The molecule has 0 aliphatic carbocycles. The number of halogens is 1. The van der Waals surface area contributed by atoms with Gasteiger partial charge in [-0.15, -0.1) is 0 Å². The van der Waals surface area contributed by atoms with Crippen LogP contribution in [0.3, 0.4) is 0 Å². The molecule has 0 atom stereocenters. The minimum atomic E-state index is -3.51. The molecule has 0 heterocycles. The highest BCUT2D eigenvalue weighted by molar-refractivity contribution is 7.92. The van der Waals surface area contributed by atoms with E-state index in [0.717, 1.165) is 11.8 Å². The first-order chi connectivity index (χ1) is 12.3. The van der Waals surface area contributed by atoms with Crippen molar-refractivity contribution in [2.24, 2.45) is 0 Å². The molecule has 2 aromatic carbocycles. The highest BCUT2D eigenvalue weighted by Crippen LogP contribution is 2.21. The van der Waals surface area contributed by atoms with Crippen LogP contribution in [0.4, 0.5) is 5.69 Å². The fourth-order valence-corrected chi connectivity index (χ4v) is 3.38. The van der Waals surface area contributed by atoms with E-state index < -0.39 is 10.0 Å². The van der Waals surface area contributed by atoms with Crippen molar-refractivity contribution in [3.63, 3.8) is 0 Å². The van der Waals surface area contributed by atoms with E-state index in [1.165, 1.54) is 11.4 Å². The summed E-state index contributed by atoms with van der Waals surface area (Å²) >= 11 is 5.82. The zero-order valence-corrected chi connectivity index (χ0v) is 16.2. The maximum atomic E-state index is 12.1. The lowest BCUT2D eigenvalue weighted by molar-refractivity contribution is -0.121. The summed E-state index contributed by atoms with van der Waals surface area (Å²) in [6.07, 6.45) is 1.16. The lowest BCUT2D eigenvalue weighted by Crippen LogP contribution is -2.34. The van der Waals surface area contributed by atoms with Gasteiger partial charge in [-0.3, -0.25) is 9.10 Å². The molecule has 0 saturated heterocycles. The van der Waals surface area contributed by atoms with E-state index in [-0.39, 0.29) is 18.9 Å². The van der Waals surface area contributed by atoms with Gasteiger partial charge in [-0.2, -0.15) is 0 Å². The molecular weight excluding hydrogens is 376 g/mol. The fourth-order valence-electron chi connectivity index (χ4n) is 2.33. The predicted octanol–water partition coefficient (Wildman–Crippen LogP) is 2.82. The molecule has 6 nitrogen and oxygen atoms in total. The maximum absolute atomic E-state index is 12.1. The second kappa shape index (κ2) is 8.91. The Kier molecular flexibility index (Phi) is 6.88. The maximum Gasteiger partial charge on any atom is 0.232 e. The second-order valence-electron chi connectivity index (χ2n) is 5.69. The van der Waals surface area contributed by atoms with Gasteiger partial charge in [0.05, 0.1) is 19.1 Å². The van der Waals surface area contributed by atoms with E-state index in [1.54, 1.807) is 36.4 Å². The number of ether oxygens (including phenoxy) is 1. The Morgan fingerprint density at radius 3 is 2.27 bits per heavy atom. The molecule has 0 saturated carbocycles. The first kappa shape index (κ1) is 20.1. The number of rotatable bonds is 8. The highest BCUT2D eigenvalue weighted by atomic mass is 35.5. The van der Waals surface area contributed by atoms with E-state index in [1.807, 2.05) is 12.1 Å². The number of amides is 1. The molecule has 0 bridgehead atoms. The quantitative estimate of drug-likeness (QED) is 0.744. The first-order valence-electron chi connectivity index (χ1n) is 7.92. The van der Waals surface area contributed by atoms with E-state index in [9.17, 15) is 13.2 Å². The summed E-state index contributed by atoms with van der Waals surface area (Å²) in [5.41, 5.74) is 1.40. The number of carbonyl (C=O) groups is 1. The third-order valence-electron chi connectivity index (χ3n) is 3.71. The van der Waals surface area contributed by atoms with Gasteiger partial charge in [0.25, 0.3) is 0 Å². The van der Waals surface area contributed by atoms with Crippen LogP contribution in [0.1, 0.15) is 12.0 Å². The number of nitrogens with one attached hydrogen (secondary N) is 1. The van der Waals surface area contributed by atoms with Gasteiger partial charge in [0.1, 0.15) is 5.75 Å². The van der Waals surface area contributed by atoms with Gasteiger partial charge < -0.3 is 10.1 Å². The van der Waals surface area contributed by atoms with Crippen LogP contribution in [0.5, 0.6) is 5.75 Å². The van der Waals surface area contributed by atoms with Gasteiger partial charge in [-0.25, -0.2) is 8.42 Å². The van der Waals surface area contributed by atoms with Crippen LogP contribution < -0.4 is 14.4 Å². The number of benzene rings is 2. The molecule has 8 heteroatoms. The number of anilines is 1. The van der Waals surface area contributed by atoms with Gasteiger partial charge in [0, 0.05) is 24.5 Å². The minimum Gasteiger partial charge on any atom is -0.497 e. The van der Waals surface area contributed by atoms with E-state index in [0.29, 0.717) is 23.0 Å². The first-order valence-corrected chi connectivity index (χ1v) is 10.1. The fraction of sp³-hybridized carbons (Fsp3) is 0.278. The van der Waals surface area contributed by atoms with E-state index >= 15 is 0 Å². The Bertz CT molecular complexity index is 836. The smallest absolute Gasteiger partial charge is 0.232 e. The van der Waals surface area contributed by atoms with Gasteiger partial charge in [0.15, 0.2) is 0 Å². The average Bonchev–Trinajstić information content (AvgIpc) is 2.61. The Hall–Kier alpha value is -2.25. The summed E-state index contributed by atoms with van der Waals surface area (Å²) < 4.78 is 30.4. The largest absolute Gasteiger partial charge is 0.497 e. The molecular formula is C18H21ClN2O4S. The van der Waals surface area contributed by atoms with Crippen LogP contribution in [-0.2, 0) is 21.4 Å². The summed E-state index contributed by atoms with van der Waals surface area (Å²) in [5, 5.41) is 3.40. The molecule has 1 N–H and O–H groups in total. The highest BCUT2D eigenvalue weighted by Gasteiger charge is 2.18. The predicted molar refractivity (Wildman–Crippen MR) is 103 cm³/mol. The van der Waals surface area contributed by atoms with Crippen LogP contribution in [0.2, 0.25) is 5.02 Å². The SMILES string of the molecule is COc1ccc(N(CCC(=O)NCc2ccc(Cl)cc2)S(C)(=O)=O)cc1. The lowest BCUT2D eigenvalue weighted by atomic mass is 10.2. The zero-order valence-electron chi connectivity index (χ0n) is 14.6. The molecule has 2 aromatic rings. The zero-order chi connectivity index (χ0) is 19.2. The summed E-state index contributed by atoms with van der Waals surface area (Å²) in [4.78, 5) is 12.1. The van der Waals surface area contributed by atoms with Gasteiger partial charge in [-0.05, 0) is 42.0 Å². The Balaban J connectivity index is 1.95. The molecule has 26 heavy (non-hydrogen) atoms. The van der Waals surface area contributed by atoms with Crippen LogP contribution in [0.15, 0.2) is 48.5 Å². The second-order valence-corrected chi connectivity index (χ2v) is 8.03. The van der Waals surface area contributed by atoms with Gasteiger partial charge in [0.2, 0.25) is 15.9 Å². The average molecular weight is 397 g/mol. The molecule has 0 aliphatic rings. The number of hydrogen-bond acceptors (Lipinski definition) is 4. The van der Waals surface area contributed by atoms with Crippen molar-refractivity contribution in [1.29, 1.82) is 0 Å². The number of sulfonamides is 1. The van der Waals surface area contributed by atoms with Crippen molar-refractivity contribution in [3.8, 4) is 5.75 Å². The van der Waals surface area contributed by atoms with Crippen molar-refractivity contribution < 1.29 is 17.9 Å². The molecule has 140 valence electrons. The van der Waals surface area contributed by atoms with Crippen molar-refractivity contribution in [1.82, 2.24) is 5.32 Å². The summed E-state index contributed by atoms with van der Waals surface area (Å²) in [6, 6.07) is 13.8. The minimum absolute atomic E-state index is 0.0483. The van der Waals surface area contributed by atoms with Crippen LogP contribution in [0.25, 0.3) is 0 Å². The topological polar surface area (TPSA) is 75.7 Å². The summed E-state index contributed by atoms with van der Waals surface area (Å²) in [6.45, 7) is 0.412. The molecule has 0 aromatic heterocycles. The lowest BCUT2D eigenvalue weighted by Gasteiger charge is -2.22. The molecule has 0 aliphatic heterocycles. The molecule has 0 spiro atoms. The molecule has 2 rings (SSSR count). The third kappa shape index (κ3) is 5.93. The van der Waals surface area contributed by atoms with Crippen molar-refractivity contribution >= 4 is 33.2 Å². The molecule has 0 unspecified atom stereocenters. The van der Waals surface area contributed by atoms with Crippen LogP contribution in [0, 0.1) is 0 Å². The van der Waals surface area contributed by atoms with Crippen LogP contribution in [-0.4, -0.2) is 34.2 Å². The molecule has 1 amide bonds. The van der Waals surface area contributed by atoms with Gasteiger partial charge in [-0.1, -0.05) is 23.7 Å². The third-order valence-corrected chi connectivity index (χ3v) is 5.15. The normalized spacial score (nSPS) is 11.0. The number of carbonyl (C=O) groups excluding carboxylic acids is 1. The summed E-state index contributed by atoms with van der Waals surface area (Å²) in [5.74, 6) is 0.394. The van der Waals surface area contributed by atoms with Crippen LogP contribution >= 0.6 is 11.6 Å². The number of methoxy groups -OCH3 is 1. The monoisotopic (exact) mass is 396 g/mol.